The molecule has 0 spiro atoms. The molecule has 4 N–H and O–H groups in total. The number of nitrogens with zero attached hydrogens (tertiary/aromatic N) is 2. The van der Waals surface area contributed by atoms with Crippen LogP contribution in [0.15, 0.2) is 26.4 Å². The lowest BCUT2D eigenvalue weighted by molar-refractivity contribution is 0.388. The van der Waals surface area contributed by atoms with Crippen molar-refractivity contribution in [2.24, 2.45) is 0 Å². The van der Waals surface area contributed by atoms with Gasteiger partial charge in [0.05, 0.1) is 12.7 Å². The SMILES string of the molecule is CCCCn1c(N)c(NCc2ccno2)c(=O)[nH]c1=O. The molecule has 108 valence electrons. The Bertz CT molecular complexity index is 671. The number of anilines is 2. The predicted octanol–water partition coefficient (Wildman–Crippen LogP) is 0.519. The van der Waals surface area contributed by atoms with E-state index in [0.29, 0.717) is 12.3 Å². The minimum atomic E-state index is -0.542. The molecule has 0 fully saturated rings. The Morgan fingerprint density at radius 1 is 1.50 bits per heavy atom. The van der Waals surface area contributed by atoms with Crippen LogP contribution in [0.1, 0.15) is 25.5 Å². The van der Waals surface area contributed by atoms with Crippen LogP contribution in [-0.2, 0) is 13.1 Å². The van der Waals surface area contributed by atoms with E-state index in [-0.39, 0.29) is 18.1 Å². The van der Waals surface area contributed by atoms with Crippen LogP contribution in [0.25, 0.3) is 0 Å². The van der Waals surface area contributed by atoms with Crippen molar-refractivity contribution in [3.8, 4) is 0 Å². The largest absolute Gasteiger partial charge is 0.383 e. The Balaban J connectivity index is 2.27. The summed E-state index contributed by atoms with van der Waals surface area (Å²) in [6, 6.07) is 1.67. The van der Waals surface area contributed by atoms with Crippen molar-refractivity contribution in [2.75, 3.05) is 11.1 Å². The van der Waals surface area contributed by atoms with E-state index < -0.39 is 11.2 Å². The fourth-order valence-corrected chi connectivity index (χ4v) is 1.81. The number of nitrogens with two attached hydrogens (primary N) is 1. The summed E-state index contributed by atoms with van der Waals surface area (Å²) < 4.78 is 6.27. The van der Waals surface area contributed by atoms with Gasteiger partial charge in [-0.25, -0.2) is 4.79 Å². The van der Waals surface area contributed by atoms with Gasteiger partial charge in [0.25, 0.3) is 5.56 Å². The van der Waals surface area contributed by atoms with E-state index >= 15 is 0 Å². The van der Waals surface area contributed by atoms with Gasteiger partial charge < -0.3 is 15.6 Å². The van der Waals surface area contributed by atoms with Crippen molar-refractivity contribution >= 4 is 11.5 Å². The van der Waals surface area contributed by atoms with Crippen molar-refractivity contribution in [2.45, 2.75) is 32.9 Å². The number of hydrogen-bond donors (Lipinski definition) is 3. The number of aromatic nitrogens is 3. The molecule has 0 aromatic carbocycles. The quantitative estimate of drug-likeness (QED) is 0.709. The summed E-state index contributed by atoms with van der Waals surface area (Å²) in [5, 5.41) is 6.43. The maximum absolute atomic E-state index is 11.8. The van der Waals surface area contributed by atoms with E-state index in [1.54, 1.807) is 6.07 Å². The molecule has 8 heteroatoms. The molecule has 2 aromatic rings. The van der Waals surface area contributed by atoms with Crippen molar-refractivity contribution in [1.29, 1.82) is 0 Å². The van der Waals surface area contributed by atoms with E-state index in [2.05, 4.69) is 15.5 Å². The summed E-state index contributed by atoms with van der Waals surface area (Å²) in [5.41, 5.74) is 5.03. The molecule has 0 radical (unpaired) electrons. The number of nitrogens with one attached hydrogen (secondary N) is 2. The van der Waals surface area contributed by atoms with Gasteiger partial charge in [0.1, 0.15) is 11.5 Å². The molecule has 0 bridgehead atoms. The maximum atomic E-state index is 11.8. The van der Waals surface area contributed by atoms with Crippen LogP contribution >= 0.6 is 0 Å². The molecule has 0 atom stereocenters. The monoisotopic (exact) mass is 279 g/mol. The van der Waals surface area contributed by atoms with E-state index in [9.17, 15) is 9.59 Å². The van der Waals surface area contributed by atoms with Gasteiger partial charge in [0.15, 0.2) is 5.76 Å². The Labute approximate surface area is 114 Å². The second kappa shape index (κ2) is 6.09. The van der Waals surface area contributed by atoms with Gasteiger partial charge in [-0.15, -0.1) is 0 Å². The minimum absolute atomic E-state index is 0.131. The highest BCUT2D eigenvalue weighted by molar-refractivity contribution is 5.60. The van der Waals surface area contributed by atoms with Crippen LogP contribution in [0.2, 0.25) is 0 Å². The molecule has 0 aliphatic carbocycles. The minimum Gasteiger partial charge on any atom is -0.383 e. The summed E-state index contributed by atoms with van der Waals surface area (Å²) >= 11 is 0. The molecule has 20 heavy (non-hydrogen) atoms. The summed E-state index contributed by atoms with van der Waals surface area (Å²) in [6.07, 6.45) is 3.23. The van der Waals surface area contributed by atoms with Crippen molar-refractivity contribution in [3.63, 3.8) is 0 Å². The van der Waals surface area contributed by atoms with E-state index in [0.717, 1.165) is 12.8 Å². The van der Waals surface area contributed by atoms with Crippen LogP contribution in [0.4, 0.5) is 11.5 Å². The highest BCUT2D eigenvalue weighted by atomic mass is 16.5. The highest BCUT2D eigenvalue weighted by Crippen LogP contribution is 2.12. The predicted molar refractivity (Wildman–Crippen MR) is 74.5 cm³/mol. The number of H-pyrrole nitrogens is 1. The molecular weight excluding hydrogens is 262 g/mol. The lowest BCUT2D eigenvalue weighted by Gasteiger charge is -2.12. The smallest absolute Gasteiger partial charge is 0.330 e. The Morgan fingerprint density at radius 3 is 2.95 bits per heavy atom. The molecule has 2 rings (SSSR count). The Morgan fingerprint density at radius 2 is 2.30 bits per heavy atom. The van der Waals surface area contributed by atoms with Gasteiger partial charge in [-0.3, -0.25) is 14.3 Å². The maximum Gasteiger partial charge on any atom is 0.330 e. The molecule has 0 amide bonds. The first-order chi connectivity index (χ1) is 9.63. The number of unbranched alkanes of at least 4 members (excludes halogenated alkanes) is 1. The zero-order valence-electron chi connectivity index (χ0n) is 11.2. The normalized spacial score (nSPS) is 10.7. The zero-order valence-corrected chi connectivity index (χ0v) is 11.2. The molecule has 2 heterocycles. The fraction of sp³-hybridized carbons (Fsp3) is 0.417. The summed E-state index contributed by atoms with van der Waals surface area (Å²) in [4.78, 5) is 25.8. The molecule has 0 aliphatic heterocycles. The van der Waals surface area contributed by atoms with Crippen molar-refractivity contribution in [3.05, 3.63) is 38.9 Å². The summed E-state index contributed by atoms with van der Waals surface area (Å²) in [5.74, 6) is 0.696. The summed E-state index contributed by atoms with van der Waals surface area (Å²) in [7, 11) is 0. The van der Waals surface area contributed by atoms with Crippen molar-refractivity contribution < 1.29 is 4.52 Å². The molecule has 0 unspecified atom stereocenters. The molecule has 0 saturated heterocycles. The third kappa shape index (κ3) is 2.90. The lowest BCUT2D eigenvalue weighted by atomic mass is 10.3. The van der Waals surface area contributed by atoms with E-state index in [1.807, 2.05) is 6.92 Å². The second-order valence-electron chi connectivity index (χ2n) is 4.36. The summed E-state index contributed by atoms with van der Waals surface area (Å²) in [6.45, 7) is 2.74. The first-order valence-corrected chi connectivity index (χ1v) is 6.39. The van der Waals surface area contributed by atoms with Gasteiger partial charge in [-0.1, -0.05) is 18.5 Å². The topological polar surface area (TPSA) is 119 Å². The molecule has 8 nitrogen and oxygen atoms in total. The van der Waals surface area contributed by atoms with Crippen LogP contribution in [0.5, 0.6) is 0 Å². The van der Waals surface area contributed by atoms with Crippen LogP contribution in [0, 0.1) is 0 Å². The number of hydrogen-bond acceptors (Lipinski definition) is 6. The van der Waals surface area contributed by atoms with Gasteiger partial charge >= 0.3 is 5.69 Å². The third-order valence-electron chi connectivity index (χ3n) is 2.91. The fourth-order valence-electron chi connectivity index (χ4n) is 1.81. The first kappa shape index (κ1) is 13.9. The molecule has 0 saturated carbocycles. The van der Waals surface area contributed by atoms with Gasteiger partial charge in [-0.05, 0) is 6.42 Å². The van der Waals surface area contributed by atoms with Crippen LogP contribution in [0.3, 0.4) is 0 Å². The van der Waals surface area contributed by atoms with E-state index in [4.69, 9.17) is 10.3 Å². The van der Waals surface area contributed by atoms with Gasteiger partial charge in [0, 0.05) is 12.6 Å². The zero-order chi connectivity index (χ0) is 14.5. The van der Waals surface area contributed by atoms with E-state index in [1.165, 1.54) is 10.8 Å². The van der Waals surface area contributed by atoms with Crippen LogP contribution < -0.4 is 22.3 Å². The second-order valence-corrected chi connectivity index (χ2v) is 4.36. The van der Waals surface area contributed by atoms with Crippen molar-refractivity contribution in [1.82, 2.24) is 14.7 Å². The third-order valence-corrected chi connectivity index (χ3v) is 2.91. The molecule has 2 aromatic heterocycles. The molecular formula is C12H17N5O3. The lowest BCUT2D eigenvalue weighted by Crippen LogP contribution is -2.34. The number of nitrogen functional groups attached to an aromatic ring is 1. The molecule has 0 aliphatic rings. The Kier molecular flexibility index (Phi) is 4.24. The van der Waals surface area contributed by atoms with Gasteiger partial charge in [-0.2, -0.15) is 0 Å². The highest BCUT2D eigenvalue weighted by Gasteiger charge is 2.12. The van der Waals surface area contributed by atoms with Crippen LogP contribution in [-0.4, -0.2) is 14.7 Å². The van der Waals surface area contributed by atoms with Gasteiger partial charge in [0.2, 0.25) is 0 Å². The number of aromatic amines is 1. The average Bonchev–Trinajstić information content (AvgIpc) is 2.91. The Hall–Kier alpha value is -2.51. The number of rotatable bonds is 6. The standard InChI is InChI=1S/C12H17N5O3/c1-2-3-6-17-10(13)9(11(18)16-12(17)19)14-7-8-4-5-15-20-8/h4-5,14H,2-3,6-7,13H2,1H3,(H,16,18,19). The average molecular weight is 279 g/mol. The first-order valence-electron chi connectivity index (χ1n) is 6.39.